The zero-order chi connectivity index (χ0) is 16.1. The number of hydrogen-bond acceptors (Lipinski definition) is 5. The summed E-state index contributed by atoms with van der Waals surface area (Å²) in [6.07, 6.45) is 0. The number of para-hydroxylation sites is 1. The van der Waals surface area contributed by atoms with E-state index in [2.05, 4.69) is 0 Å². The van der Waals surface area contributed by atoms with Crippen LogP contribution in [0.15, 0.2) is 42.5 Å². The van der Waals surface area contributed by atoms with Gasteiger partial charge in [0.15, 0.2) is 0 Å². The van der Waals surface area contributed by atoms with Crippen LogP contribution in [0.2, 0.25) is 5.02 Å². The molecule has 114 valence electrons. The largest absolute Gasteiger partial charge is 0.496 e. The van der Waals surface area contributed by atoms with Crippen LogP contribution in [-0.4, -0.2) is 18.0 Å². The van der Waals surface area contributed by atoms with Crippen LogP contribution in [0.5, 0.6) is 5.75 Å². The summed E-state index contributed by atoms with van der Waals surface area (Å²) >= 11 is 5.70. The maximum absolute atomic E-state index is 12.0. The number of halogens is 1. The Labute approximate surface area is 131 Å². The van der Waals surface area contributed by atoms with Gasteiger partial charge in [-0.05, 0) is 18.2 Å². The van der Waals surface area contributed by atoms with Crippen molar-refractivity contribution in [1.82, 2.24) is 0 Å². The second-order valence-electron chi connectivity index (χ2n) is 4.31. The average Bonchev–Trinajstić information content (AvgIpc) is 2.53. The summed E-state index contributed by atoms with van der Waals surface area (Å²) in [4.78, 5) is 22.1. The Morgan fingerprint density at radius 3 is 2.68 bits per heavy atom. The van der Waals surface area contributed by atoms with E-state index in [0.717, 1.165) is 6.07 Å². The standard InChI is InChI=1S/C15H12ClNO5/c1-21-14-5-3-2-4-11(14)9-22-15(18)10-6-7-12(16)13(8-10)17(19)20/h2-8H,9H2,1H3. The molecule has 2 aromatic carbocycles. The summed E-state index contributed by atoms with van der Waals surface area (Å²) in [5.41, 5.74) is 0.418. The number of nitrogens with zero attached hydrogens (tertiary/aromatic N) is 1. The molecule has 0 saturated carbocycles. The molecule has 22 heavy (non-hydrogen) atoms. The number of methoxy groups -OCH3 is 1. The lowest BCUT2D eigenvalue weighted by molar-refractivity contribution is -0.384. The van der Waals surface area contributed by atoms with E-state index in [4.69, 9.17) is 21.1 Å². The quantitative estimate of drug-likeness (QED) is 0.477. The Kier molecular flexibility index (Phi) is 4.95. The van der Waals surface area contributed by atoms with Crippen molar-refractivity contribution in [3.63, 3.8) is 0 Å². The molecule has 6 nitrogen and oxygen atoms in total. The highest BCUT2D eigenvalue weighted by molar-refractivity contribution is 6.32. The second kappa shape index (κ2) is 6.91. The number of carbonyl (C=O) groups excluding carboxylic acids is 1. The van der Waals surface area contributed by atoms with Crippen LogP contribution in [0, 0.1) is 10.1 Å². The van der Waals surface area contributed by atoms with E-state index in [-0.39, 0.29) is 22.9 Å². The van der Waals surface area contributed by atoms with Gasteiger partial charge in [-0.15, -0.1) is 0 Å². The number of esters is 1. The number of carbonyl (C=O) groups is 1. The van der Waals surface area contributed by atoms with Crippen LogP contribution >= 0.6 is 11.6 Å². The third-order valence-electron chi connectivity index (χ3n) is 2.93. The molecule has 0 heterocycles. The number of ether oxygens (including phenoxy) is 2. The van der Waals surface area contributed by atoms with Gasteiger partial charge in [0.1, 0.15) is 17.4 Å². The van der Waals surface area contributed by atoms with Gasteiger partial charge in [-0.2, -0.15) is 0 Å². The summed E-state index contributed by atoms with van der Waals surface area (Å²) in [6.45, 7) is -0.000723. The highest BCUT2D eigenvalue weighted by atomic mass is 35.5. The van der Waals surface area contributed by atoms with Gasteiger partial charge in [-0.1, -0.05) is 29.8 Å². The molecule has 0 N–H and O–H groups in total. The fraction of sp³-hybridized carbons (Fsp3) is 0.133. The molecule has 0 unspecified atom stereocenters. The molecule has 0 aliphatic rings. The van der Waals surface area contributed by atoms with Crippen LogP contribution in [0.25, 0.3) is 0 Å². The Morgan fingerprint density at radius 2 is 2.00 bits per heavy atom. The van der Waals surface area contributed by atoms with Crippen molar-refractivity contribution in [3.05, 3.63) is 68.7 Å². The number of rotatable bonds is 5. The third kappa shape index (κ3) is 3.53. The monoisotopic (exact) mass is 321 g/mol. The first-order chi connectivity index (χ1) is 10.5. The van der Waals surface area contributed by atoms with Crippen LogP contribution < -0.4 is 4.74 Å². The Bertz CT molecular complexity index is 717. The number of hydrogen-bond donors (Lipinski definition) is 0. The predicted octanol–water partition coefficient (Wildman–Crippen LogP) is 3.61. The molecule has 7 heteroatoms. The summed E-state index contributed by atoms with van der Waals surface area (Å²) < 4.78 is 10.3. The zero-order valence-corrected chi connectivity index (χ0v) is 12.4. The van der Waals surface area contributed by atoms with E-state index < -0.39 is 10.9 Å². The molecule has 0 amide bonds. The molecular formula is C15H12ClNO5. The maximum atomic E-state index is 12.0. The number of nitro benzene ring substituents is 1. The average molecular weight is 322 g/mol. The van der Waals surface area contributed by atoms with Crippen LogP contribution in [-0.2, 0) is 11.3 Å². The normalized spacial score (nSPS) is 10.1. The van der Waals surface area contributed by atoms with Gasteiger partial charge in [0, 0.05) is 11.6 Å². The number of nitro groups is 1. The minimum atomic E-state index is -0.675. The maximum Gasteiger partial charge on any atom is 0.338 e. The lowest BCUT2D eigenvalue weighted by atomic mass is 10.2. The van der Waals surface area contributed by atoms with Crippen molar-refractivity contribution in [1.29, 1.82) is 0 Å². The minimum absolute atomic E-state index is 0.000723. The molecule has 0 aliphatic carbocycles. The number of benzene rings is 2. The zero-order valence-electron chi connectivity index (χ0n) is 11.6. The third-order valence-corrected chi connectivity index (χ3v) is 3.25. The summed E-state index contributed by atoms with van der Waals surface area (Å²) in [7, 11) is 1.52. The van der Waals surface area contributed by atoms with Crippen molar-refractivity contribution in [2.75, 3.05) is 7.11 Å². The first-order valence-corrected chi connectivity index (χ1v) is 6.63. The van der Waals surface area contributed by atoms with E-state index in [0.29, 0.717) is 11.3 Å². The molecule has 0 atom stereocenters. The van der Waals surface area contributed by atoms with Crippen molar-refractivity contribution < 1.29 is 19.2 Å². The van der Waals surface area contributed by atoms with Crippen molar-refractivity contribution >= 4 is 23.3 Å². The van der Waals surface area contributed by atoms with Gasteiger partial charge >= 0.3 is 5.97 Å². The van der Waals surface area contributed by atoms with Gasteiger partial charge in [-0.25, -0.2) is 4.79 Å². The van der Waals surface area contributed by atoms with Gasteiger partial charge in [0.2, 0.25) is 0 Å². The molecule has 0 saturated heterocycles. The van der Waals surface area contributed by atoms with Crippen LogP contribution in [0.3, 0.4) is 0 Å². The molecule has 0 fully saturated rings. The summed E-state index contributed by atoms with van der Waals surface area (Å²) in [5.74, 6) is -0.0805. The van der Waals surface area contributed by atoms with Gasteiger partial charge < -0.3 is 9.47 Å². The lowest BCUT2D eigenvalue weighted by Crippen LogP contribution is -2.06. The molecule has 0 aliphatic heterocycles. The Hall–Kier alpha value is -2.60. The Balaban J connectivity index is 2.13. The highest BCUT2D eigenvalue weighted by Crippen LogP contribution is 2.26. The molecule has 0 aromatic heterocycles. The first kappa shape index (κ1) is 15.8. The van der Waals surface area contributed by atoms with Crippen LogP contribution in [0.4, 0.5) is 5.69 Å². The molecule has 2 rings (SSSR count). The molecule has 2 aromatic rings. The fourth-order valence-corrected chi connectivity index (χ4v) is 2.01. The lowest BCUT2D eigenvalue weighted by Gasteiger charge is -2.09. The topological polar surface area (TPSA) is 78.7 Å². The van der Waals surface area contributed by atoms with E-state index in [1.54, 1.807) is 24.3 Å². The van der Waals surface area contributed by atoms with Crippen molar-refractivity contribution in [2.45, 2.75) is 6.61 Å². The van der Waals surface area contributed by atoms with Gasteiger partial charge in [-0.3, -0.25) is 10.1 Å². The fourth-order valence-electron chi connectivity index (χ4n) is 1.83. The minimum Gasteiger partial charge on any atom is -0.496 e. The van der Waals surface area contributed by atoms with E-state index in [1.165, 1.54) is 19.2 Å². The van der Waals surface area contributed by atoms with E-state index >= 15 is 0 Å². The summed E-state index contributed by atoms with van der Waals surface area (Å²) in [6, 6.07) is 10.9. The van der Waals surface area contributed by atoms with Gasteiger partial charge in [0.25, 0.3) is 5.69 Å². The molecular weight excluding hydrogens is 310 g/mol. The summed E-state index contributed by atoms with van der Waals surface area (Å²) in [5, 5.41) is 10.8. The van der Waals surface area contributed by atoms with Gasteiger partial charge in [0.05, 0.1) is 17.6 Å². The smallest absolute Gasteiger partial charge is 0.338 e. The highest BCUT2D eigenvalue weighted by Gasteiger charge is 2.17. The Morgan fingerprint density at radius 1 is 1.27 bits per heavy atom. The molecule has 0 spiro atoms. The van der Waals surface area contributed by atoms with Crippen molar-refractivity contribution in [2.24, 2.45) is 0 Å². The first-order valence-electron chi connectivity index (χ1n) is 6.26. The predicted molar refractivity (Wildman–Crippen MR) is 80.2 cm³/mol. The van der Waals surface area contributed by atoms with Crippen LogP contribution in [0.1, 0.15) is 15.9 Å². The second-order valence-corrected chi connectivity index (χ2v) is 4.72. The van der Waals surface area contributed by atoms with E-state index in [9.17, 15) is 14.9 Å². The van der Waals surface area contributed by atoms with Crippen molar-refractivity contribution in [3.8, 4) is 5.75 Å². The van der Waals surface area contributed by atoms with E-state index in [1.807, 2.05) is 0 Å². The SMILES string of the molecule is COc1ccccc1COC(=O)c1ccc(Cl)c([N+](=O)[O-])c1. The molecule has 0 bridgehead atoms. The molecule has 0 radical (unpaired) electrons.